The van der Waals surface area contributed by atoms with Gasteiger partial charge in [-0.05, 0) is 12.0 Å². The van der Waals surface area contributed by atoms with Crippen LogP contribution in [0.25, 0.3) is 0 Å². The summed E-state index contributed by atoms with van der Waals surface area (Å²) in [5.41, 5.74) is 2.29. The van der Waals surface area contributed by atoms with E-state index in [1.165, 1.54) is 50.5 Å². The molecule has 2 rings (SSSR count). The van der Waals surface area contributed by atoms with Crippen LogP contribution in [0.4, 0.5) is 0 Å². The Bertz CT molecular complexity index is 727. The lowest BCUT2D eigenvalue weighted by molar-refractivity contribution is -0.920. The molecule has 0 aromatic heterocycles. The summed E-state index contributed by atoms with van der Waals surface area (Å²) in [6.07, 6.45) is 11.1. The fourth-order valence-electron chi connectivity index (χ4n) is 4.21. The van der Waals surface area contributed by atoms with Crippen molar-refractivity contribution in [1.82, 2.24) is 0 Å². The number of likely N-dealkylation sites (N-methyl/N-ethyl adjacent to an activating group) is 1. The Labute approximate surface area is 190 Å². The molecule has 0 saturated carbocycles. The van der Waals surface area contributed by atoms with Gasteiger partial charge in [-0.3, -0.25) is 0 Å². The summed E-state index contributed by atoms with van der Waals surface area (Å²) in [6.45, 7) is 3.42. The maximum absolute atomic E-state index is 13.2. The molecular weight excluding hydrogens is 382 g/mol. The van der Waals surface area contributed by atoms with E-state index in [0.29, 0.717) is 11.1 Å². The number of rotatable bonds is 15. The van der Waals surface area contributed by atoms with Crippen molar-refractivity contribution in [3.05, 3.63) is 71.8 Å². The zero-order chi connectivity index (χ0) is 22.4. The molecule has 0 saturated heterocycles. The van der Waals surface area contributed by atoms with Crippen LogP contribution in [0, 0.1) is 0 Å². The summed E-state index contributed by atoms with van der Waals surface area (Å²) in [5, 5.41) is 0. The van der Waals surface area contributed by atoms with E-state index in [-0.39, 0.29) is 12.0 Å². The zero-order valence-electron chi connectivity index (χ0n) is 19.9. The predicted molar refractivity (Wildman–Crippen MR) is 130 cm³/mol. The van der Waals surface area contributed by atoms with Crippen LogP contribution in [0.3, 0.4) is 0 Å². The van der Waals surface area contributed by atoms with E-state index in [1.54, 1.807) is 0 Å². The van der Waals surface area contributed by atoms with E-state index in [2.05, 4.69) is 45.3 Å². The second-order valence-corrected chi connectivity index (χ2v) is 9.30. The van der Waals surface area contributed by atoms with Gasteiger partial charge in [-0.2, -0.15) is 0 Å². The molecule has 170 valence electrons. The average Bonchev–Trinajstić information content (AvgIpc) is 2.77. The quantitative estimate of drug-likeness (QED) is 0.176. The van der Waals surface area contributed by atoms with E-state index in [0.717, 1.165) is 24.9 Å². The zero-order valence-corrected chi connectivity index (χ0v) is 19.9. The first-order valence-corrected chi connectivity index (χ1v) is 12.1. The first kappa shape index (κ1) is 25.1. The second kappa shape index (κ2) is 14.0. The molecule has 0 amide bonds. The van der Waals surface area contributed by atoms with Crippen molar-refractivity contribution in [3.63, 3.8) is 0 Å². The Morgan fingerprint density at radius 2 is 1.29 bits per heavy atom. The molecule has 0 aliphatic heterocycles. The van der Waals surface area contributed by atoms with Crippen molar-refractivity contribution in [2.45, 2.75) is 83.9 Å². The fourth-order valence-corrected chi connectivity index (χ4v) is 4.21. The normalized spacial score (nSPS) is 12.5. The van der Waals surface area contributed by atoms with Gasteiger partial charge in [-0.15, -0.1) is 0 Å². The van der Waals surface area contributed by atoms with Crippen molar-refractivity contribution in [3.8, 4) is 0 Å². The van der Waals surface area contributed by atoms with Crippen LogP contribution in [0.2, 0.25) is 0 Å². The minimum Gasteiger partial charge on any atom is -0.456 e. The van der Waals surface area contributed by atoms with Crippen LogP contribution >= 0.6 is 0 Å². The molecule has 1 atom stereocenters. The molecule has 2 aromatic rings. The molecule has 1 unspecified atom stereocenters. The predicted octanol–water partition coefficient (Wildman–Crippen LogP) is 6.91. The van der Waals surface area contributed by atoms with Crippen LogP contribution in [0.15, 0.2) is 60.7 Å². The molecule has 0 aliphatic rings. The highest BCUT2D eigenvalue weighted by Crippen LogP contribution is 2.22. The molecular formula is C28H42NO2+. The van der Waals surface area contributed by atoms with Gasteiger partial charge in [0.15, 0.2) is 6.04 Å². The summed E-state index contributed by atoms with van der Waals surface area (Å²) in [5.74, 6) is -0.0762. The Morgan fingerprint density at radius 1 is 0.774 bits per heavy atom. The largest absolute Gasteiger partial charge is 0.456 e. The van der Waals surface area contributed by atoms with E-state index in [4.69, 9.17) is 4.74 Å². The van der Waals surface area contributed by atoms with Crippen LogP contribution in [-0.4, -0.2) is 30.6 Å². The SMILES string of the molecule is CCCCCCCCCCC(C(=O)OCc1ccccc1)[N+](C)(C)Cc1ccccc1. The first-order chi connectivity index (χ1) is 15.0. The molecule has 0 aliphatic carbocycles. The van der Waals surface area contributed by atoms with Gasteiger partial charge in [-0.25, -0.2) is 4.79 Å². The lowest BCUT2D eigenvalue weighted by atomic mass is 10.0. The van der Waals surface area contributed by atoms with Gasteiger partial charge in [0.2, 0.25) is 0 Å². The summed E-state index contributed by atoms with van der Waals surface area (Å²) in [6, 6.07) is 20.3. The molecule has 0 fully saturated rings. The third-order valence-corrected chi connectivity index (χ3v) is 6.10. The second-order valence-electron chi connectivity index (χ2n) is 9.30. The van der Waals surface area contributed by atoms with Crippen LogP contribution in [0.5, 0.6) is 0 Å². The Balaban J connectivity index is 1.92. The van der Waals surface area contributed by atoms with Gasteiger partial charge in [0, 0.05) is 12.0 Å². The number of hydrogen-bond donors (Lipinski definition) is 0. The number of unbranched alkanes of at least 4 members (excludes halogenated alkanes) is 7. The number of carbonyl (C=O) groups excluding carboxylic acids is 1. The van der Waals surface area contributed by atoms with Gasteiger partial charge in [0.1, 0.15) is 13.2 Å². The summed E-state index contributed by atoms with van der Waals surface area (Å²) < 4.78 is 6.40. The maximum Gasteiger partial charge on any atom is 0.365 e. The van der Waals surface area contributed by atoms with E-state index >= 15 is 0 Å². The standard InChI is InChI=1S/C28H42NO2/c1-4-5-6-7-8-9-10-17-22-27(28(30)31-24-26-20-15-12-16-21-26)29(2,3)23-25-18-13-11-14-19-25/h11-16,18-21,27H,4-10,17,22-24H2,1-3H3/q+1. The minimum absolute atomic E-state index is 0.0762. The fraction of sp³-hybridized carbons (Fsp3) is 0.536. The smallest absolute Gasteiger partial charge is 0.365 e. The number of quaternary nitrogens is 1. The van der Waals surface area contributed by atoms with Crippen LogP contribution < -0.4 is 0 Å². The highest BCUT2D eigenvalue weighted by molar-refractivity contribution is 5.74. The summed E-state index contributed by atoms with van der Waals surface area (Å²) >= 11 is 0. The third-order valence-electron chi connectivity index (χ3n) is 6.10. The Morgan fingerprint density at radius 3 is 1.87 bits per heavy atom. The van der Waals surface area contributed by atoms with Crippen molar-refractivity contribution in [1.29, 1.82) is 0 Å². The first-order valence-electron chi connectivity index (χ1n) is 12.1. The number of ether oxygens (including phenoxy) is 1. The van der Waals surface area contributed by atoms with E-state index < -0.39 is 0 Å². The number of carbonyl (C=O) groups is 1. The Kier molecular flexibility index (Phi) is 11.4. The highest BCUT2D eigenvalue weighted by Gasteiger charge is 2.36. The molecule has 0 radical (unpaired) electrons. The van der Waals surface area contributed by atoms with E-state index in [1.807, 2.05) is 36.4 Å². The van der Waals surface area contributed by atoms with Crippen LogP contribution in [-0.2, 0) is 22.7 Å². The summed E-state index contributed by atoms with van der Waals surface area (Å²) in [4.78, 5) is 13.2. The maximum atomic E-state index is 13.2. The molecule has 0 N–H and O–H groups in total. The number of nitrogens with zero attached hydrogens (tertiary/aromatic N) is 1. The summed E-state index contributed by atoms with van der Waals surface area (Å²) in [7, 11) is 4.32. The van der Waals surface area contributed by atoms with Gasteiger partial charge in [0.25, 0.3) is 0 Å². The van der Waals surface area contributed by atoms with Gasteiger partial charge in [-0.1, -0.05) is 113 Å². The van der Waals surface area contributed by atoms with Crippen LogP contribution in [0.1, 0.15) is 75.8 Å². The lowest BCUT2D eigenvalue weighted by Gasteiger charge is -2.36. The van der Waals surface area contributed by atoms with Crippen molar-refractivity contribution in [2.24, 2.45) is 0 Å². The molecule has 0 spiro atoms. The highest BCUT2D eigenvalue weighted by atomic mass is 16.5. The molecule has 0 bridgehead atoms. The molecule has 0 heterocycles. The monoisotopic (exact) mass is 424 g/mol. The number of benzene rings is 2. The number of hydrogen-bond acceptors (Lipinski definition) is 2. The average molecular weight is 425 g/mol. The lowest BCUT2D eigenvalue weighted by Crippen LogP contribution is -2.52. The van der Waals surface area contributed by atoms with Crippen molar-refractivity contribution < 1.29 is 14.0 Å². The van der Waals surface area contributed by atoms with Gasteiger partial charge >= 0.3 is 5.97 Å². The minimum atomic E-state index is -0.149. The molecule has 3 nitrogen and oxygen atoms in total. The van der Waals surface area contributed by atoms with E-state index in [9.17, 15) is 4.79 Å². The van der Waals surface area contributed by atoms with Crippen molar-refractivity contribution >= 4 is 5.97 Å². The molecule has 31 heavy (non-hydrogen) atoms. The van der Waals surface area contributed by atoms with Crippen molar-refractivity contribution in [2.75, 3.05) is 14.1 Å². The Hall–Kier alpha value is -2.13. The number of esters is 1. The topological polar surface area (TPSA) is 26.3 Å². The molecule has 3 heteroatoms. The van der Waals surface area contributed by atoms with Gasteiger partial charge < -0.3 is 9.22 Å². The third kappa shape index (κ3) is 9.69. The molecule has 2 aromatic carbocycles. The van der Waals surface area contributed by atoms with Gasteiger partial charge in [0.05, 0.1) is 14.1 Å².